The summed E-state index contributed by atoms with van der Waals surface area (Å²) in [6, 6.07) is 5.92. The van der Waals surface area contributed by atoms with Crippen molar-refractivity contribution in [3.8, 4) is 5.75 Å². The Morgan fingerprint density at radius 1 is 1.41 bits per heavy atom. The van der Waals surface area contributed by atoms with Crippen molar-refractivity contribution in [1.29, 1.82) is 0 Å². The summed E-state index contributed by atoms with van der Waals surface area (Å²) in [6.45, 7) is -1.37. The Labute approximate surface area is 123 Å². The van der Waals surface area contributed by atoms with Crippen molar-refractivity contribution < 1.29 is 22.7 Å². The molecule has 0 atom stereocenters. The standard InChI is InChI=1S/C13H13F3N4O2/c1-20-8-17-12(19-20)18-11(21)6-9-3-2-4-10(5-9)22-7-13(14,15)16/h2-5,8H,6-7H2,1H3,(H,18,19,21). The lowest BCUT2D eigenvalue weighted by molar-refractivity contribution is -0.153. The Morgan fingerprint density at radius 2 is 2.18 bits per heavy atom. The third kappa shape index (κ3) is 5.08. The molecule has 9 heteroatoms. The first-order valence-electron chi connectivity index (χ1n) is 6.26. The number of rotatable bonds is 5. The van der Waals surface area contributed by atoms with Gasteiger partial charge in [0.05, 0.1) is 6.42 Å². The molecule has 1 heterocycles. The maximum Gasteiger partial charge on any atom is 0.422 e. The zero-order chi connectivity index (χ0) is 16.2. The van der Waals surface area contributed by atoms with E-state index in [2.05, 4.69) is 20.1 Å². The summed E-state index contributed by atoms with van der Waals surface area (Å²) in [5.74, 6) is -0.158. The summed E-state index contributed by atoms with van der Waals surface area (Å²) < 4.78 is 42.3. The number of aryl methyl sites for hydroxylation is 1. The van der Waals surface area contributed by atoms with Crippen molar-refractivity contribution in [2.24, 2.45) is 7.05 Å². The fourth-order valence-electron chi connectivity index (χ4n) is 1.66. The van der Waals surface area contributed by atoms with Gasteiger partial charge in [0.2, 0.25) is 11.9 Å². The topological polar surface area (TPSA) is 69.0 Å². The van der Waals surface area contributed by atoms with Gasteiger partial charge in [0.25, 0.3) is 0 Å². The molecule has 2 aromatic rings. The van der Waals surface area contributed by atoms with Gasteiger partial charge in [-0.3, -0.25) is 14.8 Å². The smallest absolute Gasteiger partial charge is 0.422 e. The van der Waals surface area contributed by atoms with Crippen LogP contribution in [0.3, 0.4) is 0 Å². The molecule has 0 spiro atoms. The fourth-order valence-corrected chi connectivity index (χ4v) is 1.66. The normalized spacial score (nSPS) is 11.3. The van der Waals surface area contributed by atoms with Crippen molar-refractivity contribution in [2.75, 3.05) is 11.9 Å². The molecule has 1 aromatic carbocycles. The summed E-state index contributed by atoms with van der Waals surface area (Å²) in [5, 5.41) is 6.37. The molecule has 118 valence electrons. The molecule has 1 N–H and O–H groups in total. The number of benzene rings is 1. The zero-order valence-corrected chi connectivity index (χ0v) is 11.6. The number of hydrogen-bond donors (Lipinski definition) is 1. The quantitative estimate of drug-likeness (QED) is 0.916. The van der Waals surface area contributed by atoms with E-state index in [1.807, 2.05) is 0 Å². The number of ether oxygens (including phenoxy) is 1. The fraction of sp³-hybridized carbons (Fsp3) is 0.308. The van der Waals surface area contributed by atoms with Crippen LogP contribution in [0.4, 0.5) is 19.1 Å². The van der Waals surface area contributed by atoms with E-state index in [0.29, 0.717) is 5.56 Å². The second kappa shape index (κ2) is 6.46. The molecule has 0 radical (unpaired) electrons. The largest absolute Gasteiger partial charge is 0.484 e. The Hall–Kier alpha value is -2.58. The van der Waals surface area contributed by atoms with Crippen LogP contribution in [0.1, 0.15) is 5.56 Å². The SMILES string of the molecule is Cn1cnc(NC(=O)Cc2cccc(OCC(F)(F)F)c2)n1. The average molecular weight is 314 g/mol. The third-order valence-electron chi connectivity index (χ3n) is 2.52. The predicted octanol–water partition coefficient (Wildman–Crippen LogP) is 1.94. The number of carbonyl (C=O) groups excluding carboxylic acids is 1. The highest BCUT2D eigenvalue weighted by atomic mass is 19.4. The number of nitrogens with one attached hydrogen (secondary N) is 1. The average Bonchev–Trinajstić information content (AvgIpc) is 2.81. The molecule has 1 aromatic heterocycles. The first-order chi connectivity index (χ1) is 10.3. The second-order valence-electron chi connectivity index (χ2n) is 4.52. The number of aromatic nitrogens is 3. The summed E-state index contributed by atoms with van der Waals surface area (Å²) >= 11 is 0. The molecule has 0 saturated carbocycles. The van der Waals surface area contributed by atoms with Crippen molar-refractivity contribution in [1.82, 2.24) is 14.8 Å². The van der Waals surface area contributed by atoms with Crippen LogP contribution in [0.2, 0.25) is 0 Å². The highest BCUT2D eigenvalue weighted by molar-refractivity contribution is 5.90. The van der Waals surface area contributed by atoms with Crippen LogP contribution in [0.15, 0.2) is 30.6 Å². The maximum absolute atomic E-state index is 12.1. The maximum atomic E-state index is 12.1. The first kappa shape index (κ1) is 15.8. The number of amides is 1. The van der Waals surface area contributed by atoms with Crippen LogP contribution in [0.25, 0.3) is 0 Å². The van der Waals surface area contributed by atoms with Crippen LogP contribution in [0, 0.1) is 0 Å². The van der Waals surface area contributed by atoms with Gasteiger partial charge in [-0.15, -0.1) is 5.10 Å². The van der Waals surface area contributed by atoms with Crippen LogP contribution < -0.4 is 10.1 Å². The molecule has 2 rings (SSSR count). The summed E-state index contributed by atoms with van der Waals surface area (Å²) in [4.78, 5) is 15.6. The third-order valence-corrected chi connectivity index (χ3v) is 2.52. The van der Waals surface area contributed by atoms with Gasteiger partial charge in [0.15, 0.2) is 6.61 Å². The summed E-state index contributed by atoms with van der Waals surface area (Å²) in [7, 11) is 1.66. The number of hydrogen-bond acceptors (Lipinski definition) is 4. The molecule has 0 fully saturated rings. The molecule has 22 heavy (non-hydrogen) atoms. The van der Waals surface area contributed by atoms with Crippen molar-refractivity contribution in [3.05, 3.63) is 36.2 Å². The Bertz CT molecular complexity index is 655. The van der Waals surface area contributed by atoms with Crippen LogP contribution >= 0.6 is 0 Å². The van der Waals surface area contributed by atoms with Gasteiger partial charge < -0.3 is 4.74 Å². The van der Waals surface area contributed by atoms with Crippen molar-refractivity contribution in [2.45, 2.75) is 12.6 Å². The Morgan fingerprint density at radius 3 is 2.82 bits per heavy atom. The molecule has 6 nitrogen and oxygen atoms in total. The minimum absolute atomic E-state index is 0.0263. The number of carbonyl (C=O) groups is 1. The molecule has 0 aliphatic rings. The summed E-state index contributed by atoms with van der Waals surface area (Å²) in [6.07, 6.45) is -3.00. The van der Waals surface area contributed by atoms with Crippen molar-refractivity contribution in [3.63, 3.8) is 0 Å². The van der Waals surface area contributed by atoms with Gasteiger partial charge in [0, 0.05) is 7.05 Å². The van der Waals surface area contributed by atoms with Gasteiger partial charge in [-0.2, -0.15) is 13.2 Å². The van der Waals surface area contributed by atoms with Gasteiger partial charge >= 0.3 is 6.18 Å². The van der Waals surface area contributed by atoms with E-state index in [9.17, 15) is 18.0 Å². The molecular formula is C13H13F3N4O2. The Balaban J connectivity index is 1.93. The molecule has 0 saturated heterocycles. The molecule has 0 bridgehead atoms. The molecule has 0 unspecified atom stereocenters. The lowest BCUT2D eigenvalue weighted by Crippen LogP contribution is -2.19. The van der Waals surface area contributed by atoms with E-state index in [1.54, 1.807) is 13.1 Å². The van der Waals surface area contributed by atoms with E-state index in [1.165, 1.54) is 29.2 Å². The molecular weight excluding hydrogens is 301 g/mol. The van der Waals surface area contributed by atoms with E-state index in [0.717, 1.165) is 0 Å². The molecule has 0 aliphatic heterocycles. The monoisotopic (exact) mass is 314 g/mol. The van der Waals surface area contributed by atoms with Crippen LogP contribution in [0.5, 0.6) is 5.75 Å². The van der Waals surface area contributed by atoms with Gasteiger partial charge in [-0.1, -0.05) is 12.1 Å². The minimum atomic E-state index is -4.40. The van der Waals surface area contributed by atoms with Gasteiger partial charge in [-0.05, 0) is 17.7 Å². The van der Waals surface area contributed by atoms with Gasteiger partial charge in [0.1, 0.15) is 12.1 Å². The van der Waals surface area contributed by atoms with E-state index in [4.69, 9.17) is 0 Å². The summed E-state index contributed by atoms with van der Waals surface area (Å²) in [5.41, 5.74) is 0.521. The van der Waals surface area contributed by atoms with Gasteiger partial charge in [-0.25, -0.2) is 4.98 Å². The zero-order valence-electron chi connectivity index (χ0n) is 11.6. The highest BCUT2D eigenvalue weighted by Gasteiger charge is 2.28. The van der Waals surface area contributed by atoms with E-state index in [-0.39, 0.29) is 24.0 Å². The predicted molar refractivity (Wildman–Crippen MR) is 71.3 cm³/mol. The first-order valence-corrected chi connectivity index (χ1v) is 6.26. The van der Waals surface area contributed by atoms with Crippen molar-refractivity contribution >= 4 is 11.9 Å². The molecule has 0 aliphatic carbocycles. The number of halogens is 3. The van der Waals surface area contributed by atoms with Crippen LogP contribution in [-0.4, -0.2) is 33.5 Å². The minimum Gasteiger partial charge on any atom is -0.484 e. The number of nitrogens with zero attached hydrogens (tertiary/aromatic N) is 3. The lowest BCUT2D eigenvalue weighted by atomic mass is 10.1. The van der Waals surface area contributed by atoms with E-state index >= 15 is 0 Å². The molecule has 1 amide bonds. The second-order valence-corrected chi connectivity index (χ2v) is 4.52. The van der Waals surface area contributed by atoms with E-state index < -0.39 is 12.8 Å². The Kier molecular flexibility index (Phi) is 4.64. The number of alkyl halides is 3. The highest BCUT2D eigenvalue weighted by Crippen LogP contribution is 2.19. The lowest BCUT2D eigenvalue weighted by Gasteiger charge is -2.10. The number of anilines is 1. The van der Waals surface area contributed by atoms with Crippen LogP contribution in [-0.2, 0) is 18.3 Å².